The SMILES string of the molecule is CC(C)Cc1nc(NCCCO)c(C#N)c2c1CCCC2. The van der Waals surface area contributed by atoms with E-state index in [2.05, 4.69) is 25.2 Å². The molecule has 1 aliphatic rings. The summed E-state index contributed by atoms with van der Waals surface area (Å²) in [6.07, 6.45) is 6.02. The summed E-state index contributed by atoms with van der Waals surface area (Å²) >= 11 is 0. The van der Waals surface area contributed by atoms with E-state index >= 15 is 0 Å². The van der Waals surface area contributed by atoms with Crippen molar-refractivity contribution in [3.63, 3.8) is 0 Å². The molecule has 0 spiro atoms. The van der Waals surface area contributed by atoms with E-state index in [1.54, 1.807) is 0 Å². The zero-order valence-electron chi connectivity index (χ0n) is 13.1. The monoisotopic (exact) mass is 287 g/mol. The fourth-order valence-corrected chi connectivity index (χ4v) is 2.99. The molecule has 0 radical (unpaired) electrons. The van der Waals surface area contributed by atoms with Crippen LogP contribution in [0.2, 0.25) is 0 Å². The summed E-state index contributed by atoms with van der Waals surface area (Å²) in [5.74, 6) is 1.27. The summed E-state index contributed by atoms with van der Waals surface area (Å²) in [6.45, 7) is 5.21. The fraction of sp³-hybridized carbons (Fsp3) is 0.647. The molecule has 0 bridgehead atoms. The summed E-state index contributed by atoms with van der Waals surface area (Å²) in [4.78, 5) is 4.75. The Morgan fingerprint density at radius 2 is 2.00 bits per heavy atom. The highest BCUT2D eigenvalue weighted by Crippen LogP contribution is 2.31. The zero-order valence-corrected chi connectivity index (χ0v) is 13.1. The zero-order chi connectivity index (χ0) is 15.2. The number of anilines is 1. The van der Waals surface area contributed by atoms with Crippen molar-refractivity contribution >= 4 is 5.82 Å². The molecule has 1 aromatic rings. The first kappa shape index (κ1) is 15.8. The third kappa shape index (κ3) is 3.74. The average molecular weight is 287 g/mol. The van der Waals surface area contributed by atoms with Crippen LogP contribution in [0.5, 0.6) is 0 Å². The molecule has 0 unspecified atom stereocenters. The molecule has 0 aliphatic heterocycles. The Morgan fingerprint density at radius 1 is 1.29 bits per heavy atom. The Morgan fingerprint density at radius 3 is 2.62 bits per heavy atom. The van der Waals surface area contributed by atoms with Gasteiger partial charge in [-0.2, -0.15) is 5.26 Å². The van der Waals surface area contributed by atoms with Gasteiger partial charge in [0.1, 0.15) is 11.9 Å². The van der Waals surface area contributed by atoms with Gasteiger partial charge in [-0.25, -0.2) is 4.98 Å². The summed E-state index contributed by atoms with van der Waals surface area (Å²) in [5.41, 5.74) is 4.40. The van der Waals surface area contributed by atoms with Gasteiger partial charge in [-0.1, -0.05) is 13.8 Å². The van der Waals surface area contributed by atoms with Crippen LogP contribution in [-0.4, -0.2) is 23.2 Å². The molecule has 1 aromatic heterocycles. The number of rotatable bonds is 6. The molecule has 4 nitrogen and oxygen atoms in total. The van der Waals surface area contributed by atoms with Gasteiger partial charge < -0.3 is 10.4 Å². The Balaban J connectivity index is 2.41. The van der Waals surface area contributed by atoms with Crippen molar-refractivity contribution in [3.05, 3.63) is 22.4 Å². The van der Waals surface area contributed by atoms with Crippen LogP contribution in [-0.2, 0) is 19.3 Å². The number of nitriles is 1. The molecule has 1 aliphatic carbocycles. The Hall–Kier alpha value is -1.60. The third-order valence-electron chi connectivity index (χ3n) is 3.94. The summed E-state index contributed by atoms with van der Waals surface area (Å²) < 4.78 is 0. The first-order valence-corrected chi connectivity index (χ1v) is 7.96. The van der Waals surface area contributed by atoms with Crippen molar-refractivity contribution < 1.29 is 5.11 Å². The average Bonchev–Trinajstić information content (AvgIpc) is 2.47. The second-order valence-electron chi connectivity index (χ2n) is 6.16. The van der Waals surface area contributed by atoms with Gasteiger partial charge in [0.05, 0.1) is 5.56 Å². The van der Waals surface area contributed by atoms with Gasteiger partial charge in [0, 0.05) is 18.8 Å². The van der Waals surface area contributed by atoms with Crippen LogP contribution >= 0.6 is 0 Å². The standard InChI is InChI=1S/C17H25N3O/c1-12(2)10-16-14-7-4-3-6-13(14)15(11-18)17(20-16)19-8-5-9-21/h12,21H,3-10H2,1-2H3,(H,19,20). The number of nitrogens with zero attached hydrogens (tertiary/aromatic N) is 2. The molecule has 2 N–H and O–H groups in total. The second kappa shape index (κ2) is 7.42. The van der Waals surface area contributed by atoms with Crippen molar-refractivity contribution in [2.24, 2.45) is 5.92 Å². The van der Waals surface area contributed by atoms with Gasteiger partial charge in [-0.15, -0.1) is 0 Å². The lowest BCUT2D eigenvalue weighted by Gasteiger charge is -2.23. The maximum atomic E-state index is 9.52. The molecular formula is C17H25N3O. The first-order valence-electron chi connectivity index (χ1n) is 7.96. The second-order valence-corrected chi connectivity index (χ2v) is 6.16. The van der Waals surface area contributed by atoms with Crippen LogP contribution in [0.1, 0.15) is 55.5 Å². The highest BCUT2D eigenvalue weighted by Gasteiger charge is 2.22. The molecule has 0 saturated carbocycles. The van der Waals surface area contributed by atoms with Crippen LogP contribution in [0.4, 0.5) is 5.82 Å². The van der Waals surface area contributed by atoms with E-state index in [1.807, 2.05) is 0 Å². The van der Waals surface area contributed by atoms with E-state index in [0.717, 1.165) is 36.9 Å². The lowest BCUT2D eigenvalue weighted by atomic mass is 9.86. The molecule has 0 fully saturated rings. The molecular weight excluding hydrogens is 262 g/mol. The highest BCUT2D eigenvalue weighted by molar-refractivity contribution is 5.60. The van der Waals surface area contributed by atoms with Crippen molar-refractivity contribution in [1.82, 2.24) is 4.98 Å². The van der Waals surface area contributed by atoms with Gasteiger partial charge >= 0.3 is 0 Å². The van der Waals surface area contributed by atoms with Gasteiger partial charge in [-0.3, -0.25) is 0 Å². The minimum Gasteiger partial charge on any atom is -0.396 e. The predicted molar refractivity (Wildman–Crippen MR) is 84.3 cm³/mol. The van der Waals surface area contributed by atoms with Crippen LogP contribution in [0.25, 0.3) is 0 Å². The number of aromatic nitrogens is 1. The van der Waals surface area contributed by atoms with Crippen molar-refractivity contribution in [2.45, 2.75) is 52.4 Å². The highest BCUT2D eigenvalue weighted by atomic mass is 16.3. The van der Waals surface area contributed by atoms with Gasteiger partial charge in [-0.05, 0) is 55.6 Å². The lowest BCUT2D eigenvalue weighted by Crippen LogP contribution is -2.16. The predicted octanol–water partition coefficient (Wildman–Crippen LogP) is 2.82. The molecule has 0 atom stereocenters. The normalized spacial score (nSPS) is 13.9. The first-order chi connectivity index (χ1) is 10.2. The van der Waals surface area contributed by atoms with Gasteiger partial charge in [0.25, 0.3) is 0 Å². The Bertz CT molecular complexity index is 532. The number of fused-ring (bicyclic) bond motifs is 1. The fourth-order valence-electron chi connectivity index (χ4n) is 2.99. The minimum absolute atomic E-state index is 0.151. The summed E-state index contributed by atoms with van der Waals surface area (Å²) in [7, 11) is 0. The molecule has 0 aromatic carbocycles. The number of aliphatic hydroxyl groups is 1. The topological polar surface area (TPSA) is 68.9 Å². The van der Waals surface area contributed by atoms with E-state index in [9.17, 15) is 5.26 Å². The lowest BCUT2D eigenvalue weighted by molar-refractivity contribution is 0.292. The number of aliphatic hydroxyl groups excluding tert-OH is 1. The third-order valence-corrected chi connectivity index (χ3v) is 3.94. The molecule has 0 saturated heterocycles. The number of pyridine rings is 1. The maximum absolute atomic E-state index is 9.52. The molecule has 0 amide bonds. The molecule has 114 valence electrons. The number of hydrogen-bond donors (Lipinski definition) is 2. The van der Waals surface area contributed by atoms with E-state index in [4.69, 9.17) is 10.1 Å². The molecule has 1 heterocycles. The van der Waals surface area contributed by atoms with E-state index in [0.29, 0.717) is 24.7 Å². The van der Waals surface area contributed by atoms with Crippen molar-refractivity contribution in [2.75, 3.05) is 18.5 Å². The van der Waals surface area contributed by atoms with E-state index in [-0.39, 0.29) is 6.61 Å². The van der Waals surface area contributed by atoms with E-state index in [1.165, 1.54) is 17.5 Å². The van der Waals surface area contributed by atoms with Gasteiger partial charge in [0.15, 0.2) is 0 Å². The quantitative estimate of drug-likeness (QED) is 0.789. The molecule has 4 heteroatoms. The van der Waals surface area contributed by atoms with Crippen LogP contribution in [0.15, 0.2) is 0 Å². The summed E-state index contributed by atoms with van der Waals surface area (Å²) in [5, 5.41) is 21.7. The van der Waals surface area contributed by atoms with Crippen LogP contribution in [0.3, 0.4) is 0 Å². The Kier molecular flexibility index (Phi) is 5.58. The largest absolute Gasteiger partial charge is 0.396 e. The van der Waals surface area contributed by atoms with Gasteiger partial charge in [0.2, 0.25) is 0 Å². The molecule has 2 rings (SSSR count). The van der Waals surface area contributed by atoms with Crippen molar-refractivity contribution in [3.8, 4) is 6.07 Å². The smallest absolute Gasteiger partial charge is 0.144 e. The van der Waals surface area contributed by atoms with Crippen LogP contribution in [0, 0.1) is 17.2 Å². The number of hydrogen-bond acceptors (Lipinski definition) is 4. The Labute approximate surface area is 127 Å². The number of nitrogens with one attached hydrogen (secondary N) is 1. The molecule has 21 heavy (non-hydrogen) atoms. The minimum atomic E-state index is 0.151. The van der Waals surface area contributed by atoms with E-state index < -0.39 is 0 Å². The summed E-state index contributed by atoms with van der Waals surface area (Å²) in [6, 6.07) is 2.34. The van der Waals surface area contributed by atoms with Crippen LogP contribution < -0.4 is 5.32 Å². The van der Waals surface area contributed by atoms with Crippen molar-refractivity contribution in [1.29, 1.82) is 5.26 Å². The maximum Gasteiger partial charge on any atom is 0.144 e.